The molecule has 4 atom stereocenters. The number of rotatable bonds is 15. The van der Waals surface area contributed by atoms with Crippen molar-refractivity contribution in [3.63, 3.8) is 0 Å². The van der Waals surface area contributed by atoms with Gasteiger partial charge in [-0.2, -0.15) is 0 Å². The van der Waals surface area contributed by atoms with E-state index in [0.29, 0.717) is 6.42 Å². The molecule has 1 heterocycles. The van der Waals surface area contributed by atoms with Crippen LogP contribution in [0.3, 0.4) is 0 Å². The van der Waals surface area contributed by atoms with Crippen molar-refractivity contribution in [2.75, 3.05) is 13.2 Å². The largest absolute Gasteiger partial charge is 1.00 e. The van der Waals surface area contributed by atoms with Crippen LogP contribution in [0, 0.1) is 11.8 Å². The average Bonchev–Trinajstić information content (AvgIpc) is 3.28. The average molecular weight is 426 g/mol. The molecule has 28 heavy (non-hydrogen) atoms. The van der Waals surface area contributed by atoms with Crippen LogP contribution < -0.4 is 34.5 Å². The monoisotopic (exact) mass is 426 g/mol. The van der Waals surface area contributed by atoms with Crippen LogP contribution in [0.4, 0.5) is 0 Å². The molecule has 0 aromatic rings. The van der Waals surface area contributed by atoms with Gasteiger partial charge in [-0.25, -0.2) is 0 Å². The number of carbonyl (C=O) groups is 1. The minimum atomic E-state index is -4.15. The molecule has 0 amide bonds. The number of ether oxygens (including phenoxy) is 1. The molecule has 6 nitrogen and oxygen atoms in total. The van der Waals surface area contributed by atoms with Crippen LogP contribution in [-0.2, 0) is 23.1 Å². The Morgan fingerprint density at radius 3 is 2.25 bits per heavy atom. The van der Waals surface area contributed by atoms with Gasteiger partial charge in [0.1, 0.15) is 12.7 Å². The van der Waals surface area contributed by atoms with Gasteiger partial charge in [0.2, 0.25) is 0 Å². The first-order valence-corrected chi connectivity index (χ1v) is 12.3. The summed E-state index contributed by atoms with van der Waals surface area (Å²) in [5, 5.41) is 0. The first kappa shape index (κ1) is 26.6. The van der Waals surface area contributed by atoms with Gasteiger partial charge in [-0.1, -0.05) is 71.1 Å². The Morgan fingerprint density at radius 2 is 1.64 bits per heavy atom. The summed E-state index contributed by atoms with van der Waals surface area (Å²) in [4.78, 5) is 22.6. The molecule has 1 aliphatic carbocycles. The molecule has 1 saturated carbocycles. The molecule has 0 aromatic carbocycles. The summed E-state index contributed by atoms with van der Waals surface area (Å²) in [5.74, 6) is 1.71. The van der Waals surface area contributed by atoms with E-state index in [1.165, 1.54) is 64.2 Å². The Bertz CT molecular complexity index is 489. The topological polar surface area (TPSA) is 84.9 Å². The molecule has 2 rings (SSSR count). The van der Waals surface area contributed by atoms with Gasteiger partial charge in [0.25, 0.3) is 7.82 Å². The van der Waals surface area contributed by atoms with E-state index >= 15 is 0 Å². The van der Waals surface area contributed by atoms with Gasteiger partial charge in [0.05, 0.1) is 6.61 Å². The van der Waals surface area contributed by atoms with Gasteiger partial charge in [-0.3, -0.25) is 9.36 Å². The van der Waals surface area contributed by atoms with Crippen LogP contribution in [0.15, 0.2) is 0 Å². The van der Waals surface area contributed by atoms with Crippen molar-refractivity contribution in [1.29, 1.82) is 0 Å². The Balaban J connectivity index is 0.00000392. The standard InChI is InChI=1S/C20H37O6P.Na/c1-2-3-4-8-11-17-14-18(17)12-9-6-5-7-10-13-20(21)24-15-19-16-25-27(22,23)26-19;/h17-19H,2-16H2,1H3,(H,22,23);/q;+1/p-1. The summed E-state index contributed by atoms with van der Waals surface area (Å²) in [6, 6.07) is 0. The van der Waals surface area contributed by atoms with Gasteiger partial charge < -0.3 is 18.7 Å². The Morgan fingerprint density at radius 1 is 1.04 bits per heavy atom. The predicted octanol–water partition coefficient (Wildman–Crippen LogP) is 1.75. The first-order valence-electron chi connectivity index (χ1n) is 10.8. The van der Waals surface area contributed by atoms with Crippen molar-refractivity contribution >= 4 is 13.8 Å². The zero-order valence-corrected chi connectivity index (χ0v) is 20.6. The van der Waals surface area contributed by atoms with Crippen molar-refractivity contribution in [3.05, 3.63) is 0 Å². The van der Waals surface area contributed by atoms with E-state index in [2.05, 4.69) is 16.0 Å². The van der Waals surface area contributed by atoms with Crippen LogP contribution in [0.5, 0.6) is 0 Å². The number of phosphoric ester groups is 1. The van der Waals surface area contributed by atoms with Crippen LogP contribution in [0.25, 0.3) is 0 Å². The molecule has 0 bridgehead atoms. The SMILES string of the molecule is CCCCCCC1CC1CCCCCCCC(=O)OCC1COP(=O)([O-])O1.[Na+]. The third-order valence-electron chi connectivity index (χ3n) is 5.58. The van der Waals surface area contributed by atoms with E-state index in [4.69, 9.17) is 4.74 Å². The first-order chi connectivity index (χ1) is 13.0. The van der Waals surface area contributed by atoms with Gasteiger partial charge in [0, 0.05) is 6.42 Å². The number of phosphoric acid groups is 1. The second-order valence-electron chi connectivity index (χ2n) is 8.07. The summed E-state index contributed by atoms with van der Waals surface area (Å²) in [6.45, 7) is 2.12. The van der Waals surface area contributed by atoms with E-state index < -0.39 is 13.9 Å². The Labute approximate surface area is 192 Å². The van der Waals surface area contributed by atoms with Crippen molar-refractivity contribution in [3.8, 4) is 0 Å². The van der Waals surface area contributed by atoms with E-state index in [-0.39, 0.29) is 48.7 Å². The fourth-order valence-corrected chi connectivity index (χ4v) is 4.71. The summed E-state index contributed by atoms with van der Waals surface area (Å²) < 4.78 is 25.1. The number of hydrogen-bond donors (Lipinski definition) is 0. The van der Waals surface area contributed by atoms with Gasteiger partial charge >= 0.3 is 35.5 Å². The molecule has 158 valence electrons. The molecular weight excluding hydrogens is 390 g/mol. The fraction of sp³-hybridized carbons (Fsp3) is 0.950. The van der Waals surface area contributed by atoms with Crippen LogP contribution in [-0.4, -0.2) is 25.3 Å². The van der Waals surface area contributed by atoms with Crippen LogP contribution in [0.1, 0.15) is 90.4 Å². The fourth-order valence-electron chi connectivity index (χ4n) is 3.81. The van der Waals surface area contributed by atoms with Crippen molar-refractivity contribution in [2.24, 2.45) is 11.8 Å². The third kappa shape index (κ3) is 11.7. The number of unbranched alkanes of at least 4 members (excludes halogenated alkanes) is 7. The number of esters is 1. The van der Waals surface area contributed by atoms with Crippen molar-refractivity contribution < 1.29 is 57.6 Å². The molecule has 2 fully saturated rings. The van der Waals surface area contributed by atoms with Crippen LogP contribution in [0.2, 0.25) is 0 Å². The molecule has 0 aromatic heterocycles. The molecule has 0 spiro atoms. The van der Waals surface area contributed by atoms with Gasteiger partial charge in [0.15, 0.2) is 0 Å². The zero-order chi connectivity index (χ0) is 19.5. The predicted molar refractivity (Wildman–Crippen MR) is 102 cm³/mol. The van der Waals surface area contributed by atoms with Crippen molar-refractivity contribution in [1.82, 2.24) is 0 Å². The summed E-state index contributed by atoms with van der Waals surface area (Å²) >= 11 is 0. The quantitative estimate of drug-likeness (QED) is 0.172. The molecule has 2 aliphatic rings. The Kier molecular flexibility index (Phi) is 13.8. The summed E-state index contributed by atoms with van der Waals surface area (Å²) in [7, 11) is -4.15. The third-order valence-corrected chi connectivity index (χ3v) is 6.60. The molecule has 8 heteroatoms. The van der Waals surface area contributed by atoms with E-state index in [0.717, 1.165) is 24.7 Å². The van der Waals surface area contributed by atoms with Gasteiger partial charge in [-0.15, -0.1) is 0 Å². The van der Waals surface area contributed by atoms with E-state index in [1.807, 2.05) is 0 Å². The molecule has 0 N–H and O–H groups in total. The number of hydrogen-bond acceptors (Lipinski definition) is 6. The van der Waals surface area contributed by atoms with E-state index in [1.54, 1.807) is 0 Å². The zero-order valence-electron chi connectivity index (χ0n) is 17.7. The molecular formula is C20H36NaO6P. The second kappa shape index (κ2) is 14.6. The second-order valence-corrected chi connectivity index (χ2v) is 9.43. The maximum atomic E-state index is 11.6. The molecule has 1 aliphatic heterocycles. The van der Waals surface area contributed by atoms with Crippen molar-refractivity contribution in [2.45, 2.75) is 96.5 Å². The smallest absolute Gasteiger partial charge is 0.756 e. The number of carbonyl (C=O) groups excluding carboxylic acids is 1. The minimum Gasteiger partial charge on any atom is -0.756 e. The minimum absolute atomic E-state index is 0. The summed E-state index contributed by atoms with van der Waals surface area (Å²) in [5.41, 5.74) is 0. The Hall–Kier alpha value is 0.580. The van der Waals surface area contributed by atoms with E-state index in [9.17, 15) is 14.3 Å². The molecule has 0 radical (unpaired) electrons. The van der Waals surface area contributed by atoms with Crippen LogP contribution >= 0.6 is 7.82 Å². The molecule has 4 unspecified atom stereocenters. The normalized spacial score (nSPS) is 28.7. The summed E-state index contributed by atoms with van der Waals surface area (Å²) in [6.07, 6.45) is 15.1. The maximum absolute atomic E-state index is 11.6. The maximum Gasteiger partial charge on any atom is 1.00 e. The van der Waals surface area contributed by atoms with Gasteiger partial charge in [-0.05, 0) is 24.7 Å². The molecule has 1 saturated heterocycles.